The molecule has 0 fully saturated rings. The molecular formula is C22H19ClN2O4S2. The van der Waals surface area contributed by atoms with Gasteiger partial charge in [0, 0.05) is 11.3 Å². The van der Waals surface area contributed by atoms with E-state index in [1.807, 2.05) is 13.0 Å². The normalized spacial score (nSPS) is 21.5. The van der Waals surface area contributed by atoms with Crippen molar-refractivity contribution in [3.8, 4) is 0 Å². The zero-order chi connectivity index (χ0) is 22.4. The van der Waals surface area contributed by atoms with Crippen LogP contribution < -0.4 is 5.32 Å². The zero-order valence-electron chi connectivity index (χ0n) is 16.7. The molecule has 160 valence electrons. The number of allylic oxidation sites excluding steroid dienone is 3. The first-order chi connectivity index (χ1) is 14.6. The van der Waals surface area contributed by atoms with E-state index < -0.39 is 25.8 Å². The molecule has 6 nitrogen and oxygen atoms in total. The lowest BCUT2D eigenvalue weighted by Crippen LogP contribution is -2.41. The monoisotopic (exact) mass is 474 g/mol. The number of benzene rings is 2. The van der Waals surface area contributed by atoms with Crippen LogP contribution in [0.2, 0.25) is 0 Å². The second-order valence-corrected chi connectivity index (χ2v) is 10.8. The lowest BCUT2D eigenvalue weighted by molar-refractivity contribution is 0.0931. The van der Waals surface area contributed by atoms with Crippen LogP contribution in [0.4, 0.5) is 5.69 Å². The summed E-state index contributed by atoms with van der Waals surface area (Å²) in [7, 11) is -4.72. The topological polar surface area (TPSA) is 96.4 Å². The number of anilines is 1. The van der Waals surface area contributed by atoms with Crippen molar-refractivity contribution in [1.82, 2.24) is 4.98 Å². The van der Waals surface area contributed by atoms with Gasteiger partial charge in [-0.3, -0.25) is 9.35 Å². The molecule has 0 bridgehead atoms. The minimum Gasteiger partial charge on any atom is -0.355 e. The average Bonchev–Trinajstić information content (AvgIpc) is 3.06. The SMILES string of the molecule is Cc1nc2cc(NC3=C(S(=O)(=O)O)C(C)(Cl)C(C(=O)c4ccccc4)C=C3)ccc2s1. The fraction of sp³-hybridized carbons (Fsp3) is 0.182. The van der Waals surface area contributed by atoms with E-state index in [4.69, 9.17) is 11.6 Å². The lowest BCUT2D eigenvalue weighted by Gasteiger charge is -2.34. The molecule has 4 rings (SSSR count). The molecule has 1 aliphatic carbocycles. The number of nitrogens with one attached hydrogen (secondary N) is 1. The maximum absolute atomic E-state index is 13.0. The number of aromatic nitrogens is 1. The summed E-state index contributed by atoms with van der Waals surface area (Å²) in [6.07, 6.45) is 3.03. The van der Waals surface area contributed by atoms with Crippen molar-refractivity contribution < 1.29 is 17.8 Å². The molecule has 2 aromatic carbocycles. The van der Waals surface area contributed by atoms with Crippen molar-refractivity contribution in [2.45, 2.75) is 18.7 Å². The van der Waals surface area contributed by atoms with Gasteiger partial charge in [-0.25, -0.2) is 4.98 Å². The molecule has 0 amide bonds. The average molecular weight is 475 g/mol. The van der Waals surface area contributed by atoms with Crippen molar-refractivity contribution in [1.29, 1.82) is 0 Å². The van der Waals surface area contributed by atoms with E-state index in [9.17, 15) is 17.8 Å². The minimum atomic E-state index is -4.72. The number of Topliss-reactive ketones (excluding diaryl/α,β-unsaturated/α-hetero) is 1. The number of hydrogen-bond acceptors (Lipinski definition) is 6. The molecule has 3 aromatic rings. The Morgan fingerprint density at radius 3 is 2.61 bits per heavy atom. The molecule has 0 aliphatic heterocycles. The summed E-state index contributed by atoms with van der Waals surface area (Å²) >= 11 is 8.23. The number of nitrogens with zero attached hydrogens (tertiary/aromatic N) is 1. The number of fused-ring (bicyclic) bond motifs is 1. The number of ketones is 1. The number of halogens is 1. The highest BCUT2D eigenvalue weighted by molar-refractivity contribution is 7.90. The van der Waals surface area contributed by atoms with Gasteiger partial charge in [0.15, 0.2) is 5.78 Å². The summed E-state index contributed by atoms with van der Waals surface area (Å²) in [5.41, 5.74) is 1.86. The maximum atomic E-state index is 13.0. The van der Waals surface area contributed by atoms with E-state index >= 15 is 0 Å². The molecule has 0 saturated carbocycles. The van der Waals surface area contributed by atoms with Gasteiger partial charge in [-0.15, -0.1) is 22.9 Å². The number of hydrogen-bond donors (Lipinski definition) is 2. The number of rotatable bonds is 5. The standard InChI is InChI=1S/C22H19ClN2O4S2/c1-13-24-18-12-15(8-11-19(18)30-13)25-17-10-9-16(20(26)14-6-4-3-5-7-14)22(2,23)21(17)31(27,28)29/h3-12,16,25H,1-2H3,(H,27,28,29). The van der Waals surface area contributed by atoms with Gasteiger partial charge in [-0.2, -0.15) is 8.42 Å². The highest BCUT2D eigenvalue weighted by Crippen LogP contribution is 2.43. The van der Waals surface area contributed by atoms with Crippen LogP contribution in [-0.2, 0) is 10.1 Å². The third kappa shape index (κ3) is 4.16. The minimum absolute atomic E-state index is 0.100. The molecule has 1 heterocycles. The molecule has 0 radical (unpaired) electrons. The highest BCUT2D eigenvalue weighted by atomic mass is 35.5. The van der Waals surface area contributed by atoms with Crippen molar-refractivity contribution in [2.75, 3.05) is 5.32 Å². The van der Waals surface area contributed by atoms with Crippen LogP contribution in [0.5, 0.6) is 0 Å². The molecule has 0 saturated heterocycles. The van der Waals surface area contributed by atoms with Gasteiger partial charge in [-0.1, -0.05) is 36.4 Å². The molecule has 9 heteroatoms. The Morgan fingerprint density at radius 2 is 1.94 bits per heavy atom. The molecular weight excluding hydrogens is 456 g/mol. The van der Waals surface area contributed by atoms with Crippen LogP contribution in [0, 0.1) is 12.8 Å². The molecule has 1 aromatic heterocycles. The Morgan fingerprint density at radius 1 is 1.23 bits per heavy atom. The number of alkyl halides is 1. The van der Waals surface area contributed by atoms with Gasteiger partial charge < -0.3 is 5.32 Å². The van der Waals surface area contributed by atoms with Crippen LogP contribution in [0.15, 0.2) is 71.3 Å². The summed E-state index contributed by atoms with van der Waals surface area (Å²) < 4.78 is 35.7. The molecule has 0 spiro atoms. The van der Waals surface area contributed by atoms with Crippen molar-refractivity contribution in [3.63, 3.8) is 0 Å². The summed E-state index contributed by atoms with van der Waals surface area (Å²) in [5, 5.41) is 3.93. The van der Waals surface area contributed by atoms with Gasteiger partial charge in [0.1, 0.15) is 4.91 Å². The van der Waals surface area contributed by atoms with Crippen LogP contribution in [0.3, 0.4) is 0 Å². The van der Waals surface area contributed by atoms with E-state index in [2.05, 4.69) is 10.3 Å². The summed E-state index contributed by atoms with van der Waals surface area (Å²) in [6.45, 7) is 3.32. The van der Waals surface area contributed by atoms with Crippen LogP contribution in [-0.4, -0.2) is 28.6 Å². The first-order valence-electron chi connectivity index (χ1n) is 9.40. The Labute approximate surface area is 189 Å². The summed E-state index contributed by atoms with van der Waals surface area (Å²) in [6, 6.07) is 13.9. The molecule has 1 aliphatic rings. The van der Waals surface area contributed by atoms with Crippen LogP contribution in [0.1, 0.15) is 22.3 Å². The van der Waals surface area contributed by atoms with E-state index in [1.165, 1.54) is 13.0 Å². The maximum Gasteiger partial charge on any atom is 0.294 e. The predicted octanol–water partition coefficient (Wildman–Crippen LogP) is 5.18. The quantitative estimate of drug-likeness (QED) is 0.300. The highest BCUT2D eigenvalue weighted by Gasteiger charge is 2.47. The molecule has 2 atom stereocenters. The van der Waals surface area contributed by atoms with Crippen molar-refractivity contribution >= 4 is 54.7 Å². The Hall–Kier alpha value is -2.52. The summed E-state index contributed by atoms with van der Waals surface area (Å²) in [5.74, 6) is -1.32. The fourth-order valence-corrected chi connectivity index (χ4v) is 6.14. The van der Waals surface area contributed by atoms with Gasteiger partial charge >= 0.3 is 0 Å². The third-order valence-corrected chi connectivity index (χ3v) is 7.75. The Kier molecular flexibility index (Phi) is 5.51. The number of carbonyl (C=O) groups is 1. The molecule has 31 heavy (non-hydrogen) atoms. The van der Waals surface area contributed by atoms with E-state index in [0.717, 1.165) is 15.2 Å². The number of carbonyl (C=O) groups excluding carboxylic acids is 1. The third-order valence-electron chi connectivity index (χ3n) is 5.10. The lowest BCUT2D eigenvalue weighted by atomic mass is 9.82. The summed E-state index contributed by atoms with van der Waals surface area (Å²) in [4.78, 5) is 15.3. The second-order valence-electron chi connectivity index (χ2n) is 7.40. The predicted molar refractivity (Wildman–Crippen MR) is 124 cm³/mol. The first kappa shape index (κ1) is 21.7. The Balaban J connectivity index is 1.76. The van der Waals surface area contributed by atoms with Crippen molar-refractivity contribution in [2.24, 2.45) is 5.92 Å². The smallest absolute Gasteiger partial charge is 0.294 e. The fourth-order valence-electron chi connectivity index (χ4n) is 3.73. The van der Waals surface area contributed by atoms with Gasteiger partial charge in [-0.05, 0) is 38.1 Å². The molecule has 2 N–H and O–H groups in total. The van der Waals surface area contributed by atoms with Gasteiger partial charge in [0.25, 0.3) is 10.1 Å². The van der Waals surface area contributed by atoms with Crippen molar-refractivity contribution in [3.05, 3.63) is 81.9 Å². The van der Waals surface area contributed by atoms with E-state index in [0.29, 0.717) is 11.3 Å². The van der Waals surface area contributed by atoms with Gasteiger partial charge in [0.05, 0.1) is 31.7 Å². The Bertz CT molecular complexity index is 1340. The first-order valence-corrected chi connectivity index (χ1v) is 12.0. The van der Waals surface area contributed by atoms with E-state index in [1.54, 1.807) is 59.9 Å². The number of aryl methyl sites for hydroxylation is 1. The number of thiazole rings is 1. The molecule has 2 unspecified atom stereocenters. The zero-order valence-corrected chi connectivity index (χ0v) is 19.1. The van der Waals surface area contributed by atoms with Gasteiger partial charge in [0.2, 0.25) is 0 Å². The van der Waals surface area contributed by atoms with E-state index in [-0.39, 0.29) is 11.5 Å². The van der Waals surface area contributed by atoms with Crippen LogP contribution >= 0.6 is 22.9 Å². The largest absolute Gasteiger partial charge is 0.355 e. The second kappa shape index (κ2) is 7.87. The van der Waals surface area contributed by atoms with Crippen LogP contribution in [0.25, 0.3) is 10.2 Å².